The lowest BCUT2D eigenvalue weighted by Crippen LogP contribution is -1.89. The normalized spacial score (nSPS) is 11.1. The summed E-state index contributed by atoms with van der Waals surface area (Å²) in [4.78, 5) is 4.44. The van der Waals surface area contributed by atoms with Gasteiger partial charge in [-0.1, -0.05) is 76.5 Å². The molecule has 114 valence electrons. The molecule has 1 heteroatoms. The number of pyridine rings is 1. The predicted molar refractivity (Wildman–Crippen MR) is 92.7 cm³/mol. The molecule has 0 saturated heterocycles. The van der Waals surface area contributed by atoms with E-state index in [1.54, 1.807) is 0 Å². The maximum absolute atomic E-state index is 4.44. The number of aromatic nitrogens is 1. The molecule has 2 aromatic rings. The van der Waals surface area contributed by atoms with Gasteiger partial charge in [-0.3, -0.25) is 4.98 Å². The summed E-state index contributed by atoms with van der Waals surface area (Å²) in [5, 5.41) is 1.33. The molecule has 0 aliphatic heterocycles. The second-order valence-corrected chi connectivity index (χ2v) is 6.07. The lowest BCUT2D eigenvalue weighted by atomic mass is 10.0. The van der Waals surface area contributed by atoms with Crippen molar-refractivity contribution in [3.05, 3.63) is 42.1 Å². The number of nitrogens with zero attached hydrogens (tertiary/aromatic N) is 1. The Morgan fingerprint density at radius 3 is 2.24 bits per heavy atom. The minimum absolute atomic E-state index is 1.13. The molecule has 0 saturated carbocycles. The molecule has 0 amide bonds. The van der Waals surface area contributed by atoms with Gasteiger partial charge in [0.25, 0.3) is 0 Å². The average molecular weight is 283 g/mol. The first-order valence-electron chi connectivity index (χ1n) is 8.74. The molecule has 2 rings (SSSR count). The van der Waals surface area contributed by atoms with Crippen LogP contribution in [0.25, 0.3) is 10.9 Å². The number of aryl methyl sites for hydroxylation is 1. The monoisotopic (exact) mass is 283 g/mol. The molecule has 1 aromatic carbocycles. The predicted octanol–water partition coefficient (Wildman–Crippen LogP) is 6.31. The van der Waals surface area contributed by atoms with Gasteiger partial charge in [-0.25, -0.2) is 0 Å². The van der Waals surface area contributed by atoms with Gasteiger partial charge in [0.1, 0.15) is 0 Å². The molecule has 1 aromatic heterocycles. The molecule has 1 heterocycles. The van der Waals surface area contributed by atoms with Gasteiger partial charge in [-0.15, -0.1) is 0 Å². The number of unbranched alkanes of at least 4 members (excludes halogenated alkanes) is 8. The lowest BCUT2D eigenvalue weighted by Gasteiger charge is -2.06. The quantitative estimate of drug-likeness (QED) is 0.466. The van der Waals surface area contributed by atoms with Crippen LogP contribution in [0.5, 0.6) is 0 Å². The molecule has 0 aliphatic rings. The molecule has 0 radical (unpaired) electrons. The molecule has 0 aliphatic carbocycles. The van der Waals surface area contributed by atoms with Crippen LogP contribution in [0, 0.1) is 0 Å². The minimum Gasteiger partial charge on any atom is -0.256 e. The Kier molecular flexibility index (Phi) is 7.28. The van der Waals surface area contributed by atoms with E-state index in [2.05, 4.69) is 36.2 Å². The zero-order valence-electron chi connectivity index (χ0n) is 13.5. The van der Waals surface area contributed by atoms with Gasteiger partial charge in [0.15, 0.2) is 0 Å². The fraction of sp³-hybridized carbons (Fsp3) is 0.550. The summed E-state index contributed by atoms with van der Waals surface area (Å²) in [7, 11) is 0. The van der Waals surface area contributed by atoms with Crippen molar-refractivity contribution in [1.29, 1.82) is 0 Å². The van der Waals surface area contributed by atoms with Crippen molar-refractivity contribution >= 4 is 10.9 Å². The molecule has 0 unspecified atom stereocenters. The summed E-state index contributed by atoms with van der Waals surface area (Å²) in [6.45, 7) is 2.28. The molecule has 0 N–H and O–H groups in total. The second-order valence-electron chi connectivity index (χ2n) is 6.07. The van der Waals surface area contributed by atoms with Crippen LogP contribution in [-0.4, -0.2) is 4.98 Å². The third-order valence-electron chi connectivity index (χ3n) is 4.29. The van der Waals surface area contributed by atoms with E-state index in [4.69, 9.17) is 0 Å². The van der Waals surface area contributed by atoms with Crippen molar-refractivity contribution in [1.82, 2.24) is 4.98 Å². The van der Waals surface area contributed by atoms with E-state index in [0.717, 1.165) is 5.52 Å². The minimum atomic E-state index is 1.13. The van der Waals surface area contributed by atoms with E-state index in [-0.39, 0.29) is 0 Å². The Morgan fingerprint density at radius 1 is 0.762 bits per heavy atom. The molecule has 21 heavy (non-hydrogen) atoms. The fourth-order valence-corrected chi connectivity index (χ4v) is 3.01. The molecular formula is C20H29N. The zero-order chi connectivity index (χ0) is 14.8. The third-order valence-corrected chi connectivity index (χ3v) is 4.29. The highest BCUT2D eigenvalue weighted by atomic mass is 14.6. The summed E-state index contributed by atoms with van der Waals surface area (Å²) in [6, 6.07) is 10.7. The molecule has 0 fully saturated rings. The number of benzene rings is 1. The highest BCUT2D eigenvalue weighted by Crippen LogP contribution is 2.19. The SMILES string of the molecule is CCCCCCCCCCCc1cccc2ncccc12. The smallest absolute Gasteiger partial charge is 0.0704 e. The third kappa shape index (κ3) is 5.49. The number of fused-ring (bicyclic) bond motifs is 1. The summed E-state index contributed by atoms with van der Waals surface area (Å²) >= 11 is 0. The van der Waals surface area contributed by atoms with Gasteiger partial charge >= 0.3 is 0 Å². The number of hydrogen-bond donors (Lipinski definition) is 0. The highest BCUT2D eigenvalue weighted by molar-refractivity contribution is 5.81. The van der Waals surface area contributed by atoms with Crippen LogP contribution >= 0.6 is 0 Å². The van der Waals surface area contributed by atoms with Crippen molar-refractivity contribution in [2.24, 2.45) is 0 Å². The first-order valence-corrected chi connectivity index (χ1v) is 8.74. The van der Waals surface area contributed by atoms with E-state index in [9.17, 15) is 0 Å². The van der Waals surface area contributed by atoms with Gasteiger partial charge in [0.2, 0.25) is 0 Å². The van der Waals surface area contributed by atoms with Crippen LogP contribution in [0.3, 0.4) is 0 Å². The number of rotatable bonds is 10. The number of hydrogen-bond acceptors (Lipinski definition) is 1. The largest absolute Gasteiger partial charge is 0.256 e. The molecule has 0 bridgehead atoms. The van der Waals surface area contributed by atoms with Crippen molar-refractivity contribution < 1.29 is 0 Å². The van der Waals surface area contributed by atoms with Crippen LogP contribution in [0.2, 0.25) is 0 Å². The first-order chi connectivity index (χ1) is 10.4. The van der Waals surface area contributed by atoms with E-state index in [1.165, 1.54) is 75.2 Å². The average Bonchev–Trinajstić information content (AvgIpc) is 2.53. The topological polar surface area (TPSA) is 12.9 Å². The zero-order valence-corrected chi connectivity index (χ0v) is 13.5. The van der Waals surface area contributed by atoms with Gasteiger partial charge in [0.05, 0.1) is 5.52 Å². The van der Waals surface area contributed by atoms with Gasteiger partial charge in [0, 0.05) is 11.6 Å². The fourth-order valence-electron chi connectivity index (χ4n) is 3.01. The van der Waals surface area contributed by atoms with Crippen LogP contribution in [-0.2, 0) is 6.42 Å². The lowest BCUT2D eigenvalue weighted by molar-refractivity contribution is 0.565. The van der Waals surface area contributed by atoms with E-state index in [1.807, 2.05) is 12.3 Å². The van der Waals surface area contributed by atoms with Crippen LogP contribution in [0.1, 0.15) is 70.3 Å². The molecule has 0 spiro atoms. The maximum Gasteiger partial charge on any atom is 0.0704 e. The Labute approximate surface area is 129 Å². The van der Waals surface area contributed by atoms with E-state index < -0.39 is 0 Å². The van der Waals surface area contributed by atoms with Gasteiger partial charge in [-0.05, 0) is 30.5 Å². The van der Waals surface area contributed by atoms with Crippen LogP contribution in [0.15, 0.2) is 36.5 Å². The van der Waals surface area contributed by atoms with Crippen molar-refractivity contribution in [2.45, 2.75) is 71.1 Å². The van der Waals surface area contributed by atoms with Crippen molar-refractivity contribution in [2.75, 3.05) is 0 Å². The molecule has 0 atom stereocenters. The Balaban J connectivity index is 1.64. The Morgan fingerprint density at radius 2 is 1.48 bits per heavy atom. The summed E-state index contributed by atoms with van der Waals surface area (Å²) in [6.07, 6.45) is 15.6. The van der Waals surface area contributed by atoms with Crippen molar-refractivity contribution in [3.63, 3.8) is 0 Å². The summed E-state index contributed by atoms with van der Waals surface area (Å²) in [5.74, 6) is 0. The second kappa shape index (κ2) is 9.55. The summed E-state index contributed by atoms with van der Waals surface area (Å²) in [5.41, 5.74) is 2.59. The van der Waals surface area contributed by atoms with E-state index in [0.29, 0.717) is 0 Å². The summed E-state index contributed by atoms with van der Waals surface area (Å²) < 4.78 is 0. The highest BCUT2D eigenvalue weighted by Gasteiger charge is 2.01. The molecule has 1 nitrogen and oxygen atoms in total. The van der Waals surface area contributed by atoms with Crippen LogP contribution < -0.4 is 0 Å². The van der Waals surface area contributed by atoms with Crippen molar-refractivity contribution in [3.8, 4) is 0 Å². The van der Waals surface area contributed by atoms with Gasteiger partial charge in [-0.2, -0.15) is 0 Å². The standard InChI is InChI=1S/C20H29N/c1-2-3-4-5-6-7-8-9-10-13-18-14-11-16-20-19(18)15-12-17-21-20/h11-12,14-17H,2-10,13H2,1H3. The van der Waals surface area contributed by atoms with Gasteiger partial charge < -0.3 is 0 Å². The first kappa shape index (κ1) is 16.0. The Hall–Kier alpha value is -1.37. The maximum atomic E-state index is 4.44. The van der Waals surface area contributed by atoms with Crippen LogP contribution in [0.4, 0.5) is 0 Å². The van der Waals surface area contributed by atoms with E-state index >= 15 is 0 Å². The molecular weight excluding hydrogens is 254 g/mol. The Bertz CT molecular complexity index is 513.